The number of benzene rings is 1. The fraction of sp³-hybridized carbons (Fsp3) is 0.700. The Labute approximate surface area is 150 Å². The van der Waals surface area contributed by atoms with Gasteiger partial charge in [-0.05, 0) is 37.8 Å². The van der Waals surface area contributed by atoms with Crippen molar-refractivity contribution in [1.29, 1.82) is 0 Å². The van der Waals surface area contributed by atoms with Crippen LogP contribution in [-0.2, 0) is 9.47 Å². The van der Waals surface area contributed by atoms with Crippen molar-refractivity contribution < 1.29 is 14.2 Å². The molecule has 3 fully saturated rings. The van der Waals surface area contributed by atoms with E-state index in [1.54, 1.807) is 7.11 Å². The topological polar surface area (TPSA) is 43.0 Å². The van der Waals surface area contributed by atoms with E-state index in [0.717, 1.165) is 57.7 Å². The Hall–Kier alpha value is -1.30. The molecule has 1 N–H and O–H groups in total. The smallest absolute Gasteiger partial charge is 0.168 e. The van der Waals surface area contributed by atoms with Gasteiger partial charge >= 0.3 is 0 Å². The number of hydrogen-bond acceptors (Lipinski definition) is 5. The maximum atomic E-state index is 5.85. The van der Waals surface area contributed by atoms with Gasteiger partial charge in [0.15, 0.2) is 5.79 Å². The van der Waals surface area contributed by atoms with E-state index in [2.05, 4.69) is 28.4 Å². The maximum Gasteiger partial charge on any atom is 0.168 e. The highest BCUT2D eigenvalue weighted by atomic mass is 16.7. The van der Waals surface area contributed by atoms with E-state index >= 15 is 0 Å². The van der Waals surface area contributed by atoms with Crippen molar-refractivity contribution in [2.24, 2.45) is 0 Å². The molecule has 1 aliphatic carbocycles. The van der Waals surface area contributed by atoms with Gasteiger partial charge in [0, 0.05) is 49.8 Å². The molecule has 0 aromatic heterocycles. The van der Waals surface area contributed by atoms with Gasteiger partial charge in [0.05, 0.1) is 20.3 Å². The molecule has 2 aliphatic heterocycles. The zero-order valence-corrected chi connectivity index (χ0v) is 15.2. The summed E-state index contributed by atoms with van der Waals surface area (Å²) in [6.45, 7) is 3.72. The van der Waals surface area contributed by atoms with Crippen LogP contribution in [0.3, 0.4) is 0 Å². The molecule has 2 heterocycles. The lowest BCUT2D eigenvalue weighted by molar-refractivity contribution is -0.179. The summed E-state index contributed by atoms with van der Waals surface area (Å²) in [5.41, 5.74) is 1.27. The van der Waals surface area contributed by atoms with Gasteiger partial charge in [-0.25, -0.2) is 0 Å². The Kier molecular flexibility index (Phi) is 5.15. The number of ether oxygens (including phenoxy) is 3. The molecule has 1 saturated carbocycles. The Morgan fingerprint density at radius 3 is 2.68 bits per heavy atom. The molecule has 1 aromatic carbocycles. The van der Waals surface area contributed by atoms with E-state index in [1.165, 1.54) is 18.5 Å². The molecule has 5 heteroatoms. The molecule has 25 heavy (non-hydrogen) atoms. The van der Waals surface area contributed by atoms with Crippen molar-refractivity contribution in [1.82, 2.24) is 5.32 Å². The van der Waals surface area contributed by atoms with Gasteiger partial charge in [0.2, 0.25) is 0 Å². The van der Waals surface area contributed by atoms with Crippen LogP contribution in [0, 0.1) is 0 Å². The third kappa shape index (κ3) is 3.94. The van der Waals surface area contributed by atoms with Crippen molar-refractivity contribution in [3.8, 4) is 5.75 Å². The second-order valence-corrected chi connectivity index (χ2v) is 7.54. The Morgan fingerprint density at radius 2 is 1.92 bits per heavy atom. The fourth-order valence-electron chi connectivity index (χ4n) is 4.50. The summed E-state index contributed by atoms with van der Waals surface area (Å²) in [6.07, 6.45) is 6.84. The number of nitrogens with zero attached hydrogens (tertiary/aromatic N) is 1. The van der Waals surface area contributed by atoms with Crippen LogP contribution in [0.5, 0.6) is 5.75 Å². The molecule has 3 aliphatic rings. The lowest BCUT2D eigenvalue weighted by Gasteiger charge is -2.40. The molecule has 138 valence electrons. The third-order valence-electron chi connectivity index (χ3n) is 5.87. The van der Waals surface area contributed by atoms with E-state index in [1.807, 2.05) is 6.07 Å². The predicted molar refractivity (Wildman–Crippen MR) is 98.3 cm³/mol. The van der Waals surface area contributed by atoms with Crippen molar-refractivity contribution in [2.45, 2.75) is 56.4 Å². The quantitative estimate of drug-likeness (QED) is 0.908. The molecule has 1 atom stereocenters. The number of methoxy groups -OCH3 is 1. The zero-order chi connectivity index (χ0) is 17.1. The van der Waals surface area contributed by atoms with Crippen molar-refractivity contribution in [2.75, 3.05) is 38.3 Å². The molecule has 0 bridgehead atoms. The second kappa shape index (κ2) is 7.52. The summed E-state index contributed by atoms with van der Waals surface area (Å²) in [4.78, 5) is 2.48. The summed E-state index contributed by atoms with van der Waals surface area (Å²) in [7, 11) is 1.73. The lowest BCUT2D eigenvalue weighted by atomic mass is 9.89. The van der Waals surface area contributed by atoms with E-state index in [-0.39, 0.29) is 5.79 Å². The van der Waals surface area contributed by atoms with Gasteiger partial charge in [0.25, 0.3) is 0 Å². The minimum Gasteiger partial charge on any atom is -0.497 e. The largest absolute Gasteiger partial charge is 0.497 e. The van der Waals surface area contributed by atoms with Gasteiger partial charge < -0.3 is 24.4 Å². The van der Waals surface area contributed by atoms with E-state index < -0.39 is 0 Å². The van der Waals surface area contributed by atoms with Gasteiger partial charge in [-0.15, -0.1) is 0 Å². The number of piperidine rings is 1. The molecule has 0 amide bonds. The average Bonchev–Trinajstić information content (AvgIpc) is 3.12. The summed E-state index contributed by atoms with van der Waals surface area (Å²) < 4.78 is 17.1. The lowest BCUT2D eigenvalue weighted by Crippen LogP contribution is -2.51. The summed E-state index contributed by atoms with van der Waals surface area (Å²) >= 11 is 0. The predicted octanol–water partition coefficient (Wildman–Crippen LogP) is 2.94. The van der Waals surface area contributed by atoms with E-state index in [4.69, 9.17) is 14.2 Å². The highest BCUT2D eigenvalue weighted by Crippen LogP contribution is 2.36. The van der Waals surface area contributed by atoms with E-state index in [0.29, 0.717) is 12.1 Å². The Balaban J connectivity index is 1.31. The first-order valence-electron chi connectivity index (χ1n) is 9.69. The molecule has 2 saturated heterocycles. The number of rotatable bonds is 4. The molecule has 1 aromatic rings. The first kappa shape index (κ1) is 17.1. The highest BCUT2D eigenvalue weighted by Gasteiger charge is 2.40. The molecule has 1 spiro atoms. The molecule has 5 nitrogen and oxygen atoms in total. The van der Waals surface area contributed by atoms with Crippen LogP contribution < -0.4 is 15.0 Å². The standard InChI is InChI=1S/C20H30N2O3/c1-23-19-6-2-5-18(14-19)22-11-3-4-17(15-22)21-16-7-9-20(10-8-16)24-12-13-25-20/h2,5-6,14,16-17,21H,3-4,7-13,15H2,1H3/t17-/m1/s1. The first-order chi connectivity index (χ1) is 12.3. The molecular weight excluding hydrogens is 316 g/mol. The Bertz CT molecular complexity index is 564. The van der Waals surface area contributed by atoms with Gasteiger partial charge in [-0.3, -0.25) is 0 Å². The summed E-state index contributed by atoms with van der Waals surface area (Å²) in [5.74, 6) is 0.680. The minimum atomic E-state index is -0.253. The normalized spacial score (nSPS) is 26.9. The average molecular weight is 346 g/mol. The number of anilines is 1. The fourth-order valence-corrected chi connectivity index (χ4v) is 4.50. The number of nitrogens with one attached hydrogen (secondary N) is 1. The minimum absolute atomic E-state index is 0.253. The van der Waals surface area contributed by atoms with Gasteiger partial charge in [0.1, 0.15) is 5.75 Å². The SMILES string of the molecule is COc1cccc(N2CCC[C@@H](NC3CCC4(CC3)OCCO4)C2)c1. The van der Waals surface area contributed by atoms with E-state index in [9.17, 15) is 0 Å². The summed E-state index contributed by atoms with van der Waals surface area (Å²) in [6, 6.07) is 9.56. The van der Waals surface area contributed by atoms with Crippen molar-refractivity contribution >= 4 is 5.69 Å². The zero-order valence-electron chi connectivity index (χ0n) is 15.2. The number of hydrogen-bond donors (Lipinski definition) is 1. The van der Waals surface area contributed by atoms with Crippen LogP contribution in [0.2, 0.25) is 0 Å². The van der Waals surface area contributed by atoms with Crippen LogP contribution in [0.4, 0.5) is 5.69 Å². The van der Waals surface area contributed by atoms with Crippen LogP contribution in [0.25, 0.3) is 0 Å². The third-order valence-corrected chi connectivity index (χ3v) is 5.87. The maximum absolute atomic E-state index is 5.85. The van der Waals surface area contributed by atoms with Crippen molar-refractivity contribution in [3.05, 3.63) is 24.3 Å². The molecule has 4 rings (SSSR count). The second-order valence-electron chi connectivity index (χ2n) is 7.54. The van der Waals surface area contributed by atoms with Crippen LogP contribution in [-0.4, -0.2) is 51.3 Å². The monoisotopic (exact) mass is 346 g/mol. The van der Waals surface area contributed by atoms with Gasteiger partial charge in [-0.2, -0.15) is 0 Å². The Morgan fingerprint density at radius 1 is 1.12 bits per heavy atom. The van der Waals surface area contributed by atoms with Crippen molar-refractivity contribution in [3.63, 3.8) is 0 Å². The summed E-state index contributed by atoms with van der Waals surface area (Å²) in [5, 5.41) is 3.91. The molecular formula is C20H30N2O3. The van der Waals surface area contributed by atoms with Crippen LogP contribution in [0.15, 0.2) is 24.3 Å². The first-order valence-corrected chi connectivity index (χ1v) is 9.69. The van der Waals surface area contributed by atoms with Crippen LogP contribution >= 0.6 is 0 Å². The highest BCUT2D eigenvalue weighted by molar-refractivity contribution is 5.51. The molecule has 0 unspecified atom stereocenters. The van der Waals surface area contributed by atoms with Gasteiger partial charge in [-0.1, -0.05) is 6.07 Å². The molecule has 0 radical (unpaired) electrons. The van der Waals surface area contributed by atoms with Crippen LogP contribution in [0.1, 0.15) is 38.5 Å².